The molecule has 8 rings (SSSR count). The molecule has 0 aliphatic carbocycles. The maximum absolute atomic E-state index is 11.5. The molecule has 1 heterocycles. The number of non-ortho nitro benzene ring substituents is 1. The molecule has 0 unspecified atom stereocenters. The number of hydrogen-bond donors (Lipinski definition) is 0. The van der Waals surface area contributed by atoms with E-state index in [-0.39, 0.29) is 27.6 Å². The van der Waals surface area contributed by atoms with Gasteiger partial charge >= 0.3 is 0 Å². The van der Waals surface area contributed by atoms with Crippen molar-refractivity contribution in [3.63, 3.8) is 0 Å². The second-order valence-electron chi connectivity index (χ2n) is 12.6. The van der Waals surface area contributed by atoms with Crippen LogP contribution in [0.2, 0.25) is 0 Å². The average Bonchev–Trinajstić information content (AvgIpc) is 3.59. The zero-order chi connectivity index (χ0) is 35.3. The lowest BCUT2D eigenvalue weighted by Crippen LogP contribution is -3.00. The van der Waals surface area contributed by atoms with Crippen molar-refractivity contribution >= 4 is 34.2 Å². The first kappa shape index (κ1) is 35.5. The van der Waals surface area contributed by atoms with Crippen LogP contribution in [0.5, 0.6) is 0 Å². The van der Waals surface area contributed by atoms with Gasteiger partial charge in [-0.2, -0.15) is 0 Å². The lowest BCUT2D eigenvalue weighted by molar-refractivity contribution is -0.384. The third kappa shape index (κ3) is 6.87. The molecule has 0 amide bonds. The molecule has 0 N–H and O–H groups in total. The number of nitro groups is 1. The third-order valence-corrected chi connectivity index (χ3v) is 13.8. The smallest absolute Gasteiger partial charge is 0.269 e. The number of benzene rings is 7. The Morgan fingerprint density at radius 2 is 0.906 bits per heavy atom. The summed E-state index contributed by atoms with van der Waals surface area (Å²) >= 11 is 0. The van der Waals surface area contributed by atoms with Gasteiger partial charge in [0.05, 0.1) is 16.3 Å². The lowest BCUT2D eigenvalue weighted by atomic mass is 10.0. The fraction of sp³-hybridized carbons (Fsp3) is 0.0217. The second kappa shape index (κ2) is 15.7. The number of imidazole rings is 1. The van der Waals surface area contributed by atoms with Gasteiger partial charge < -0.3 is 21.5 Å². The highest BCUT2D eigenvalue weighted by Gasteiger charge is 2.47. The van der Waals surface area contributed by atoms with Crippen LogP contribution in [0.4, 0.5) is 5.69 Å². The second-order valence-corrected chi connectivity index (χ2v) is 16.0. The normalized spacial score (nSPS) is 11.1. The molecule has 1 aromatic heterocycles. The fourth-order valence-corrected chi connectivity index (χ4v) is 11.3. The molecular weight excluding hydrogens is 737 g/mol. The Hall–Kier alpha value is -5.94. The van der Waals surface area contributed by atoms with Gasteiger partial charge in [-0.1, -0.05) is 127 Å². The largest absolute Gasteiger partial charge is 1.00 e. The van der Waals surface area contributed by atoms with Crippen molar-refractivity contribution in [2.24, 2.45) is 0 Å². The summed E-state index contributed by atoms with van der Waals surface area (Å²) in [6, 6.07) is 69.0. The van der Waals surface area contributed by atoms with Crippen LogP contribution in [-0.2, 0) is 6.54 Å². The van der Waals surface area contributed by atoms with Gasteiger partial charge in [0, 0.05) is 35.4 Å². The SMILES string of the molecule is O=[N+]([O-])c1ccc(Cn2c(-c3ccc([P+](c4ccccc4)(c4ccccc4)c4ccccc4)cc3)nc(-c3ccccc3)c2-c2ccccc2)cc1.[Br-]. The maximum Gasteiger partial charge on any atom is 0.269 e. The molecule has 0 radical (unpaired) electrons. The van der Waals surface area contributed by atoms with Gasteiger partial charge in [-0.05, 0) is 66.2 Å². The summed E-state index contributed by atoms with van der Waals surface area (Å²) in [7, 11) is -2.28. The number of nitro benzene ring substituents is 1. The first-order valence-corrected chi connectivity index (χ1v) is 19.0. The fourth-order valence-electron chi connectivity index (χ4n) is 7.10. The Morgan fingerprint density at radius 3 is 1.36 bits per heavy atom. The van der Waals surface area contributed by atoms with Crippen LogP contribution in [-0.4, -0.2) is 14.5 Å². The first-order valence-electron chi connectivity index (χ1n) is 17.2. The molecule has 0 aliphatic heterocycles. The highest BCUT2D eigenvalue weighted by atomic mass is 79.9. The maximum atomic E-state index is 11.5. The predicted molar refractivity (Wildman–Crippen MR) is 216 cm³/mol. The molecule has 7 aromatic carbocycles. The topological polar surface area (TPSA) is 61.0 Å². The van der Waals surface area contributed by atoms with Crippen molar-refractivity contribution in [3.05, 3.63) is 216 Å². The molecule has 0 bridgehead atoms. The van der Waals surface area contributed by atoms with Gasteiger partial charge in [0.1, 0.15) is 34.3 Å². The van der Waals surface area contributed by atoms with Crippen LogP contribution in [0.1, 0.15) is 5.56 Å². The zero-order valence-electron chi connectivity index (χ0n) is 28.7. The number of halogens is 1. The average molecular weight is 773 g/mol. The molecular formula is C46H35BrN3O2P. The van der Waals surface area contributed by atoms with Crippen molar-refractivity contribution in [3.8, 4) is 33.9 Å². The van der Waals surface area contributed by atoms with E-state index in [1.165, 1.54) is 21.2 Å². The highest BCUT2D eigenvalue weighted by Crippen LogP contribution is 2.54. The summed E-state index contributed by atoms with van der Waals surface area (Å²) in [4.78, 5) is 16.5. The quantitative estimate of drug-likeness (QED) is 0.0912. The van der Waals surface area contributed by atoms with Crippen molar-refractivity contribution in [2.75, 3.05) is 0 Å². The molecule has 0 saturated carbocycles. The summed E-state index contributed by atoms with van der Waals surface area (Å²) in [5.74, 6) is 0.825. The van der Waals surface area contributed by atoms with Gasteiger partial charge in [-0.15, -0.1) is 0 Å². The first-order chi connectivity index (χ1) is 25.6. The van der Waals surface area contributed by atoms with Crippen LogP contribution >= 0.6 is 7.26 Å². The number of nitrogens with zero attached hydrogens (tertiary/aromatic N) is 3. The summed E-state index contributed by atoms with van der Waals surface area (Å²) in [5, 5.41) is 16.6. The molecule has 8 aromatic rings. The Kier molecular flexibility index (Phi) is 10.5. The van der Waals surface area contributed by atoms with E-state index in [9.17, 15) is 10.1 Å². The Bertz CT molecular complexity index is 2330. The molecule has 0 fully saturated rings. The number of aromatic nitrogens is 2. The third-order valence-electron chi connectivity index (χ3n) is 9.49. The van der Waals surface area contributed by atoms with E-state index in [4.69, 9.17) is 4.98 Å². The van der Waals surface area contributed by atoms with Gasteiger partial charge in [0.2, 0.25) is 0 Å². The van der Waals surface area contributed by atoms with Crippen LogP contribution in [0.15, 0.2) is 200 Å². The summed E-state index contributed by atoms with van der Waals surface area (Å²) < 4.78 is 2.25. The minimum atomic E-state index is -2.28. The zero-order valence-corrected chi connectivity index (χ0v) is 31.2. The minimum absolute atomic E-state index is 0. The van der Waals surface area contributed by atoms with Crippen LogP contribution in [0.3, 0.4) is 0 Å². The van der Waals surface area contributed by atoms with Crippen LogP contribution in [0.25, 0.3) is 33.9 Å². The molecule has 258 valence electrons. The highest BCUT2D eigenvalue weighted by molar-refractivity contribution is 8.01. The van der Waals surface area contributed by atoms with Crippen molar-refractivity contribution in [1.29, 1.82) is 0 Å². The molecule has 0 atom stereocenters. The van der Waals surface area contributed by atoms with E-state index in [1.807, 2.05) is 48.5 Å². The molecule has 53 heavy (non-hydrogen) atoms. The molecule has 7 heteroatoms. The van der Waals surface area contributed by atoms with E-state index >= 15 is 0 Å². The van der Waals surface area contributed by atoms with E-state index in [0.717, 1.165) is 39.5 Å². The van der Waals surface area contributed by atoms with Gasteiger partial charge in [-0.3, -0.25) is 10.1 Å². The number of rotatable bonds is 10. The van der Waals surface area contributed by atoms with E-state index < -0.39 is 7.26 Å². The van der Waals surface area contributed by atoms with Gasteiger partial charge in [-0.25, -0.2) is 4.98 Å². The Labute approximate surface area is 320 Å². The van der Waals surface area contributed by atoms with Gasteiger partial charge in [0.25, 0.3) is 5.69 Å². The standard InChI is InChI=1S/C46H35N3O2P.BrH/c50-49(51)39-30-26-35(27-31-39)34-48-45(37-18-8-2-9-19-37)44(36-16-6-1-7-17-36)47-46(48)38-28-32-43(33-29-38)52(40-20-10-3-11-21-40,41-22-12-4-13-23-41)42-24-14-5-15-25-42;/h1-33H,34H2;1H/q+1;/p-1. The summed E-state index contributed by atoms with van der Waals surface area (Å²) in [6.45, 7) is 0.480. The van der Waals surface area contributed by atoms with Crippen LogP contribution < -0.4 is 38.2 Å². The predicted octanol–water partition coefficient (Wildman–Crippen LogP) is 6.46. The molecule has 5 nitrogen and oxygen atoms in total. The van der Waals surface area contributed by atoms with Crippen molar-refractivity contribution in [1.82, 2.24) is 9.55 Å². The van der Waals surface area contributed by atoms with Crippen molar-refractivity contribution in [2.45, 2.75) is 6.54 Å². The molecule has 0 aliphatic rings. The Morgan fingerprint density at radius 1 is 0.491 bits per heavy atom. The summed E-state index contributed by atoms with van der Waals surface area (Å²) in [5.41, 5.74) is 5.93. The monoisotopic (exact) mass is 771 g/mol. The Balaban J connectivity index is 0.00000435. The van der Waals surface area contributed by atoms with Crippen LogP contribution in [0, 0.1) is 10.1 Å². The lowest BCUT2D eigenvalue weighted by Gasteiger charge is -2.27. The van der Waals surface area contributed by atoms with Gasteiger partial charge in [0.15, 0.2) is 0 Å². The molecule has 0 saturated heterocycles. The van der Waals surface area contributed by atoms with E-state index in [1.54, 1.807) is 12.1 Å². The number of hydrogen-bond acceptors (Lipinski definition) is 3. The minimum Gasteiger partial charge on any atom is -1.00 e. The molecule has 0 spiro atoms. The van der Waals surface area contributed by atoms with Crippen molar-refractivity contribution < 1.29 is 21.9 Å². The summed E-state index contributed by atoms with van der Waals surface area (Å²) in [6.07, 6.45) is 0. The van der Waals surface area contributed by atoms with E-state index in [0.29, 0.717) is 6.54 Å². The van der Waals surface area contributed by atoms with E-state index in [2.05, 4.69) is 144 Å².